The molecule has 3 nitrogen and oxygen atoms in total. The number of alkyl halides is 6. The number of hydrogen-bond acceptors (Lipinski definition) is 4. The second-order valence-corrected chi connectivity index (χ2v) is 9.41. The third kappa shape index (κ3) is 1.88. The van der Waals surface area contributed by atoms with E-state index in [9.17, 15) is 26.3 Å². The standard InChI is InChI=1S/C20H14F6N2OS/c1-9-13-15-14(18(21,22)20(25,26)19(15,23)24)11-7-12(10-5-4-6-27-8-10)30-17(11,3)16(13,2)29-28-9/h4-8H,1-3H3. The number of halogens is 6. The Hall–Kier alpha value is -2.23. The molecule has 0 N–H and O–H groups in total. The Kier molecular flexibility index (Phi) is 3.50. The van der Waals surface area contributed by atoms with Crippen LogP contribution in [-0.4, -0.2) is 38.8 Å². The summed E-state index contributed by atoms with van der Waals surface area (Å²) >= 11 is 1.08. The minimum absolute atomic E-state index is 0.117. The van der Waals surface area contributed by atoms with E-state index in [1.807, 2.05) is 0 Å². The quantitative estimate of drug-likeness (QED) is 0.528. The second kappa shape index (κ2) is 5.33. The number of hydrogen-bond donors (Lipinski definition) is 0. The van der Waals surface area contributed by atoms with Crippen molar-refractivity contribution in [2.75, 3.05) is 0 Å². The highest BCUT2D eigenvalue weighted by Crippen LogP contribution is 2.72. The maximum Gasteiger partial charge on any atom is 0.380 e. The van der Waals surface area contributed by atoms with E-state index in [1.165, 1.54) is 39.2 Å². The lowest BCUT2D eigenvalue weighted by atomic mass is 9.68. The number of fused-ring (bicyclic) bond motifs is 4. The van der Waals surface area contributed by atoms with E-state index in [4.69, 9.17) is 4.84 Å². The van der Waals surface area contributed by atoms with Gasteiger partial charge in [-0.3, -0.25) is 4.98 Å². The third-order valence-electron chi connectivity index (χ3n) is 6.35. The van der Waals surface area contributed by atoms with Crippen molar-refractivity contribution in [3.8, 4) is 0 Å². The molecule has 1 fully saturated rings. The molecule has 0 bridgehead atoms. The summed E-state index contributed by atoms with van der Waals surface area (Å²) in [5.74, 6) is -15.7. The van der Waals surface area contributed by atoms with Crippen molar-refractivity contribution < 1.29 is 31.2 Å². The van der Waals surface area contributed by atoms with Gasteiger partial charge in [-0.1, -0.05) is 11.2 Å². The number of oxime groups is 1. The van der Waals surface area contributed by atoms with Crippen LogP contribution < -0.4 is 0 Å². The molecule has 1 aromatic heterocycles. The van der Waals surface area contributed by atoms with Crippen LogP contribution in [0.15, 0.2) is 58.1 Å². The fourth-order valence-corrected chi connectivity index (χ4v) is 6.10. The van der Waals surface area contributed by atoms with Crippen molar-refractivity contribution in [1.82, 2.24) is 4.98 Å². The van der Waals surface area contributed by atoms with Gasteiger partial charge in [0, 0.05) is 39.6 Å². The van der Waals surface area contributed by atoms with Gasteiger partial charge in [0.25, 0.3) is 0 Å². The van der Waals surface area contributed by atoms with Crippen LogP contribution in [0.1, 0.15) is 26.3 Å². The summed E-state index contributed by atoms with van der Waals surface area (Å²) in [5.41, 5.74) is -4.63. The van der Waals surface area contributed by atoms with Crippen LogP contribution in [0, 0.1) is 0 Å². The topological polar surface area (TPSA) is 34.5 Å². The summed E-state index contributed by atoms with van der Waals surface area (Å²) in [6.07, 6.45) is 4.26. The van der Waals surface area contributed by atoms with E-state index in [0.29, 0.717) is 10.5 Å². The zero-order chi connectivity index (χ0) is 21.9. The summed E-state index contributed by atoms with van der Waals surface area (Å²) in [4.78, 5) is 9.92. The van der Waals surface area contributed by atoms with E-state index in [-0.39, 0.29) is 11.3 Å². The molecule has 2 unspecified atom stereocenters. The Morgan fingerprint density at radius 2 is 1.63 bits per heavy atom. The molecule has 158 valence electrons. The minimum Gasteiger partial charge on any atom is -0.382 e. The Bertz CT molecular complexity index is 1120. The number of nitrogens with zero attached hydrogens (tertiary/aromatic N) is 2. The van der Waals surface area contributed by atoms with Crippen molar-refractivity contribution in [3.63, 3.8) is 0 Å². The first kappa shape index (κ1) is 19.7. The molecule has 2 atom stereocenters. The van der Waals surface area contributed by atoms with Gasteiger partial charge in [0.05, 0.1) is 10.5 Å². The van der Waals surface area contributed by atoms with Crippen LogP contribution in [0.5, 0.6) is 0 Å². The molecular formula is C20H14F6N2OS. The highest BCUT2D eigenvalue weighted by atomic mass is 32.2. The van der Waals surface area contributed by atoms with Gasteiger partial charge in [0.15, 0.2) is 5.60 Å². The van der Waals surface area contributed by atoms with E-state index < -0.39 is 44.8 Å². The minimum atomic E-state index is -5.59. The summed E-state index contributed by atoms with van der Waals surface area (Å²) in [7, 11) is 0. The average molecular weight is 444 g/mol. The molecule has 30 heavy (non-hydrogen) atoms. The van der Waals surface area contributed by atoms with Crippen LogP contribution in [0.25, 0.3) is 4.91 Å². The molecule has 10 heteroatoms. The first-order valence-corrected chi connectivity index (χ1v) is 9.81. The van der Waals surface area contributed by atoms with Gasteiger partial charge in [0.1, 0.15) is 0 Å². The van der Waals surface area contributed by atoms with Crippen LogP contribution in [0.2, 0.25) is 0 Å². The van der Waals surface area contributed by atoms with Gasteiger partial charge in [-0.05, 0) is 38.5 Å². The number of aromatic nitrogens is 1. The molecule has 5 rings (SSSR count). The second-order valence-electron chi connectivity index (χ2n) is 7.95. The average Bonchev–Trinajstić information content (AvgIpc) is 3.22. The van der Waals surface area contributed by atoms with Crippen molar-refractivity contribution >= 4 is 22.4 Å². The molecule has 2 aliphatic carbocycles. The molecule has 0 aromatic carbocycles. The van der Waals surface area contributed by atoms with Gasteiger partial charge in [-0.2, -0.15) is 26.3 Å². The Morgan fingerprint density at radius 1 is 0.967 bits per heavy atom. The van der Waals surface area contributed by atoms with Crippen molar-refractivity contribution in [2.45, 2.75) is 48.9 Å². The smallest absolute Gasteiger partial charge is 0.380 e. The van der Waals surface area contributed by atoms with Crippen molar-refractivity contribution in [2.24, 2.45) is 5.16 Å². The Balaban J connectivity index is 1.90. The summed E-state index contributed by atoms with van der Waals surface area (Å²) < 4.78 is 87.1. The Labute approximate surface area is 171 Å². The molecule has 0 spiro atoms. The fraction of sp³-hybridized carbons (Fsp3) is 0.400. The maximum atomic E-state index is 14.9. The molecule has 1 aromatic rings. The highest BCUT2D eigenvalue weighted by Gasteiger charge is 2.85. The summed E-state index contributed by atoms with van der Waals surface area (Å²) in [6.45, 7) is 4.23. The molecule has 0 saturated heterocycles. The van der Waals surface area contributed by atoms with Crippen molar-refractivity contribution in [1.29, 1.82) is 0 Å². The van der Waals surface area contributed by atoms with Gasteiger partial charge >= 0.3 is 17.8 Å². The first-order chi connectivity index (χ1) is 13.8. The largest absolute Gasteiger partial charge is 0.382 e. The highest BCUT2D eigenvalue weighted by molar-refractivity contribution is 8.10. The van der Waals surface area contributed by atoms with Gasteiger partial charge in [-0.15, -0.1) is 11.8 Å². The first-order valence-electron chi connectivity index (χ1n) is 8.99. The molecule has 0 amide bonds. The third-order valence-corrected chi connectivity index (χ3v) is 7.94. The van der Waals surface area contributed by atoms with Crippen LogP contribution in [-0.2, 0) is 4.84 Å². The zero-order valence-corrected chi connectivity index (χ0v) is 16.7. The van der Waals surface area contributed by atoms with Gasteiger partial charge in [-0.25, -0.2) is 0 Å². The summed E-state index contributed by atoms with van der Waals surface area (Å²) in [5, 5.41) is 3.74. The lowest BCUT2D eigenvalue weighted by molar-refractivity contribution is -0.258. The van der Waals surface area contributed by atoms with Crippen LogP contribution in [0.4, 0.5) is 26.3 Å². The van der Waals surface area contributed by atoms with Crippen LogP contribution >= 0.6 is 11.8 Å². The zero-order valence-electron chi connectivity index (χ0n) is 15.9. The van der Waals surface area contributed by atoms with E-state index in [0.717, 1.165) is 11.8 Å². The number of rotatable bonds is 1. The molecule has 3 heterocycles. The normalized spacial score (nSPS) is 34.8. The number of pyridine rings is 1. The molecular weight excluding hydrogens is 430 g/mol. The SMILES string of the molecule is CC1=NOC2(C)C1=C1C(=C3C=C(c4cccnc4)SC32C)C(F)(F)C(F)(F)C1(F)F. The van der Waals surface area contributed by atoms with Gasteiger partial charge < -0.3 is 4.84 Å². The summed E-state index contributed by atoms with van der Waals surface area (Å²) in [6, 6.07) is 3.30. The number of thioether (sulfide) groups is 1. The lowest BCUT2D eigenvalue weighted by Gasteiger charge is -2.45. The predicted molar refractivity (Wildman–Crippen MR) is 99.7 cm³/mol. The fourth-order valence-electron chi connectivity index (χ4n) is 4.64. The van der Waals surface area contributed by atoms with Crippen molar-refractivity contribution in [3.05, 3.63) is 58.5 Å². The van der Waals surface area contributed by atoms with E-state index in [2.05, 4.69) is 10.1 Å². The maximum absolute atomic E-state index is 14.9. The number of allylic oxidation sites excluding steroid dienone is 3. The molecule has 2 aliphatic heterocycles. The predicted octanol–water partition coefficient (Wildman–Crippen LogP) is 5.62. The van der Waals surface area contributed by atoms with Crippen LogP contribution in [0.3, 0.4) is 0 Å². The molecule has 4 aliphatic rings. The van der Waals surface area contributed by atoms with E-state index >= 15 is 0 Å². The monoisotopic (exact) mass is 444 g/mol. The van der Waals surface area contributed by atoms with E-state index in [1.54, 1.807) is 12.1 Å². The van der Waals surface area contributed by atoms with Gasteiger partial charge in [0.2, 0.25) is 0 Å². The molecule has 1 saturated carbocycles. The molecule has 0 radical (unpaired) electrons. The Morgan fingerprint density at radius 3 is 2.27 bits per heavy atom. The lowest BCUT2D eigenvalue weighted by Crippen LogP contribution is -2.53.